The third-order valence-electron chi connectivity index (χ3n) is 2.74. The Hall–Kier alpha value is -2.70. The normalized spacial score (nSPS) is 10.3. The van der Waals surface area contributed by atoms with Gasteiger partial charge in [-0.15, -0.1) is 0 Å². The van der Waals surface area contributed by atoms with Crippen molar-refractivity contribution in [3.63, 3.8) is 0 Å². The van der Waals surface area contributed by atoms with Crippen LogP contribution in [0.5, 0.6) is 0 Å². The molecular weight excluding hydrogens is 263 g/mol. The Labute approximate surface area is 114 Å². The van der Waals surface area contributed by atoms with Gasteiger partial charge in [0.25, 0.3) is 5.91 Å². The number of halogens is 1. The summed E-state index contributed by atoms with van der Waals surface area (Å²) in [5.74, 6) is -1.14. The molecule has 0 atom stereocenters. The van der Waals surface area contributed by atoms with Crippen LogP contribution in [0.1, 0.15) is 15.9 Å². The van der Waals surface area contributed by atoms with Gasteiger partial charge in [0.05, 0.1) is 12.6 Å². The van der Waals surface area contributed by atoms with Gasteiger partial charge in [0, 0.05) is 7.05 Å². The van der Waals surface area contributed by atoms with E-state index in [1.54, 1.807) is 7.05 Å². The SMILES string of the molecule is Cn1ncc(C(N)=O)c1NC(=O)Cc1ccc(F)cc1. The van der Waals surface area contributed by atoms with E-state index < -0.39 is 5.91 Å². The van der Waals surface area contributed by atoms with Crippen molar-refractivity contribution >= 4 is 17.6 Å². The second kappa shape index (κ2) is 5.52. The molecule has 0 aliphatic rings. The van der Waals surface area contributed by atoms with E-state index in [0.29, 0.717) is 5.56 Å². The number of nitrogens with one attached hydrogen (secondary N) is 1. The van der Waals surface area contributed by atoms with E-state index >= 15 is 0 Å². The van der Waals surface area contributed by atoms with Gasteiger partial charge < -0.3 is 11.1 Å². The number of anilines is 1. The molecule has 0 saturated heterocycles. The van der Waals surface area contributed by atoms with Crippen molar-refractivity contribution in [1.82, 2.24) is 9.78 Å². The average Bonchev–Trinajstić information content (AvgIpc) is 2.74. The molecular formula is C13H13FN4O2. The third-order valence-corrected chi connectivity index (χ3v) is 2.74. The molecule has 1 heterocycles. The molecule has 0 aliphatic carbocycles. The standard InChI is InChI=1S/C13H13FN4O2/c1-18-13(10(7-16-18)12(15)20)17-11(19)6-8-2-4-9(14)5-3-8/h2-5,7H,6H2,1H3,(H2,15,20)(H,17,19). The number of amides is 2. The van der Waals surface area contributed by atoms with Crippen LogP contribution in [0.4, 0.5) is 10.2 Å². The number of hydrogen-bond acceptors (Lipinski definition) is 3. The van der Waals surface area contributed by atoms with Gasteiger partial charge in [0.2, 0.25) is 5.91 Å². The van der Waals surface area contributed by atoms with Crippen molar-refractivity contribution in [2.45, 2.75) is 6.42 Å². The number of nitrogens with zero attached hydrogens (tertiary/aromatic N) is 2. The monoisotopic (exact) mass is 276 g/mol. The summed E-state index contributed by atoms with van der Waals surface area (Å²) in [4.78, 5) is 23.1. The molecule has 2 amide bonds. The number of carbonyl (C=O) groups is 2. The van der Waals surface area contributed by atoms with Crippen LogP contribution < -0.4 is 11.1 Å². The number of primary amides is 1. The van der Waals surface area contributed by atoms with Crippen molar-refractivity contribution in [2.24, 2.45) is 12.8 Å². The van der Waals surface area contributed by atoms with Gasteiger partial charge in [-0.05, 0) is 17.7 Å². The van der Waals surface area contributed by atoms with E-state index in [1.165, 1.54) is 35.1 Å². The van der Waals surface area contributed by atoms with Crippen molar-refractivity contribution in [1.29, 1.82) is 0 Å². The van der Waals surface area contributed by atoms with E-state index in [1.807, 2.05) is 0 Å². The first-order valence-corrected chi connectivity index (χ1v) is 5.83. The topological polar surface area (TPSA) is 90.0 Å². The Morgan fingerprint density at radius 3 is 2.60 bits per heavy atom. The van der Waals surface area contributed by atoms with Gasteiger partial charge in [0.15, 0.2) is 0 Å². The highest BCUT2D eigenvalue weighted by molar-refractivity contribution is 6.02. The van der Waals surface area contributed by atoms with Gasteiger partial charge in [-0.1, -0.05) is 12.1 Å². The summed E-state index contributed by atoms with van der Waals surface area (Å²) in [6.07, 6.45) is 1.35. The molecule has 0 bridgehead atoms. The lowest BCUT2D eigenvalue weighted by Crippen LogP contribution is -2.20. The van der Waals surface area contributed by atoms with Crippen LogP contribution in [-0.4, -0.2) is 21.6 Å². The van der Waals surface area contributed by atoms with Crippen molar-refractivity contribution in [2.75, 3.05) is 5.32 Å². The summed E-state index contributed by atoms with van der Waals surface area (Å²) in [5, 5.41) is 6.43. The maximum absolute atomic E-state index is 12.8. The van der Waals surface area contributed by atoms with Crippen LogP contribution in [0.3, 0.4) is 0 Å². The highest BCUT2D eigenvalue weighted by Gasteiger charge is 2.15. The predicted octanol–water partition coefficient (Wildman–Crippen LogP) is 0.839. The molecule has 20 heavy (non-hydrogen) atoms. The van der Waals surface area contributed by atoms with E-state index in [0.717, 1.165) is 0 Å². The Morgan fingerprint density at radius 2 is 2.00 bits per heavy atom. The molecule has 1 aromatic carbocycles. The molecule has 7 heteroatoms. The molecule has 2 aromatic rings. The Bertz CT molecular complexity index is 649. The fraction of sp³-hybridized carbons (Fsp3) is 0.154. The van der Waals surface area contributed by atoms with Crippen LogP contribution in [0.2, 0.25) is 0 Å². The summed E-state index contributed by atoms with van der Waals surface area (Å²) < 4.78 is 14.1. The van der Waals surface area contributed by atoms with Gasteiger partial charge in [0.1, 0.15) is 17.2 Å². The Morgan fingerprint density at radius 1 is 1.35 bits per heavy atom. The first kappa shape index (κ1) is 13.7. The second-order valence-corrected chi connectivity index (χ2v) is 4.25. The zero-order valence-electron chi connectivity index (χ0n) is 10.8. The largest absolute Gasteiger partial charge is 0.365 e. The minimum atomic E-state index is -0.671. The maximum atomic E-state index is 12.8. The minimum absolute atomic E-state index is 0.0592. The van der Waals surface area contributed by atoms with Crippen molar-refractivity contribution in [3.05, 3.63) is 47.4 Å². The number of carbonyl (C=O) groups excluding carboxylic acids is 2. The lowest BCUT2D eigenvalue weighted by molar-refractivity contribution is -0.115. The number of hydrogen-bond donors (Lipinski definition) is 2. The summed E-state index contributed by atoms with van der Waals surface area (Å²) >= 11 is 0. The molecule has 0 unspecified atom stereocenters. The molecule has 2 rings (SSSR count). The first-order chi connectivity index (χ1) is 9.47. The van der Waals surface area contributed by atoms with Crippen molar-refractivity contribution < 1.29 is 14.0 Å². The smallest absolute Gasteiger partial charge is 0.254 e. The molecule has 1 aromatic heterocycles. The second-order valence-electron chi connectivity index (χ2n) is 4.25. The van der Waals surface area contributed by atoms with Crippen LogP contribution >= 0.6 is 0 Å². The summed E-state index contributed by atoms with van der Waals surface area (Å²) in [6, 6.07) is 5.60. The number of aromatic nitrogens is 2. The molecule has 6 nitrogen and oxygen atoms in total. The lowest BCUT2D eigenvalue weighted by atomic mass is 10.1. The van der Waals surface area contributed by atoms with Crippen molar-refractivity contribution in [3.8, 4) is 0 Å². The number of nitrogens with two attached hydrogens (primary N) is 1. The average molecular weight is 276 g/mol. The third kappa shape index (κ3) is 3.00. The van der Waals surface area contributed by atoms with Crippen LogP contribution in [0.15, 0.2) is 30.5 Å². The zero-order chi connectivity index (χ0) is 14.7. The van der Waals surface area contributed by atoms with Crippen LogP contribution in [0, 0.1) is 5.82 Å². The summed E-state index contributed by atoms with van der Waals surface area (Å²) in [6.45, 7) is 0. The Balaban J connectivity index is 2.10. The molecule has 104 valence electrons. The number of aryl methyl sites for hydroxylation is 1. The molecule has 0 fully saturated rings. The minimum Gasteiger partial charge on any atom is -0.365 e. The lowest BCUT2D eigenvalue weighted by Gasteiger charge is -2.07. The van der Waals surface area contributed by atoms with E-state index in [2.05, 4.69) is 10.4 Å². The fourth-order valence-electron chi connectivity index (χ4n) is 1.73. The highest BCUT2D eigenvalue weighted by Crippen LogP contribution is 2.14. The molecule has 3 N–H and O–H groups in total. The molecule has 0 spiro atoms. The highest BCUT2D eigenvalue weighted by atomic mass is 19.1. The maximum Gasteiger partial charge on any atom is 0.254 e. The van der Waals surface area contributed by atoms with Crippen LogP contribution in [-0.2, 0) is 18.3 Å². The zero-order valence-corrected chi connectivity index (χ0v) is 10.8. The molecule has 0 saturated carbocycles. The fourth-order valence-corrected chi connectivity index (χ4v) is 1.73. The van der Waals surface area contributed by atoms with Gasteiger partial charge in [-0.25, -0.2) is 4.39 Å². The molecule has 0 aliphatic heterocycles. The quantitative estimate of drug-likeness (QED) is 0.867. The summed E-state index contributed by atoms with van der Waals surface area (Å²) in [5.41, 5.74) is 5.99. The van der Waals surface area contributed by atoms with E-state index in [9.17, 15) is 14.0 Å². The van der Waals surface area contributed by atoms with Gasteiger partial charge in [-0.3, -0.25) is 14.3 Å². The predicted molar refractivity (Wildman–Crippen MR) is 70.5 cm³/mol. The number of rotatable bonds is 4. The first-order valence-electron chi connectivity index (χ1n) is 5.83. The van der Waals surface area contributed by atoms with Crippen LogP contribution in [0.25, 0.3) is 0 Å². The van der Waals surface area contributed by atoms with Gasteiger partial charge in [-0.2, -0.15) is 5.10 Å². The molecule has 0 radical (unpaired) electrons. The van der Waals surface area contributed by atoms with E-state index in [4.69, 9.17) is 5.73 Å². The Kier molecular flexibility index (Phi) is 3.79. The van der Waals surface area contributed by atoms with E-state index in [-0.39, 0.29) is 29.5 Å². The number of benzene rings is 1. The summed E-state index contributed by atoms with van der Waals surface area (Å²) in [7, 11) is 1.58. The van der Waals surface area contributed by atoms with Gasteiger partial charge >= 0.3 is 0 Å².